The number of rotatable bonds is 4. The monoisotopic (exact) mass is 422 g/mol. The Morgan fingerprint density at radius 1 is 0.960 bits per heavy atom. The van der Waals surface area contributed by atoms with Crippen molar-refractivity contribution in [2.24, 2.45) is 0 Å². The van der Waals surface area contributed by atoms with Gasteiger partial charge in [-0.05, 0) is 49.7 Å². The van der Waals surface area contributed by atoms with Gasteiger partial charge in [0, 0.05) is 4.47 Å². The van der Waals surface area contributed by atoms with E-state index in [2.05, 4.69) is 26.0 Å². The summed E-state index contributed by atoms with van der Waals surface area (Å²) in [4.78, 5) is 23.3. The van der Waals surface area contributed by atoms with Crippen LogP contribution in [0.3, 0.4) is 0 Å². The van der Waals surface area contributed by atoms with Crippen LogP contribution >= 0.6 is 15.9 Å². The molecule has 0 fully saturated rings. The number of hydrogen-bond donors (Lipinski definition) is 2. The first-order valence-electron chi connectivity index (χ1n) is 7.40. The summed E-state index contributed by atoms with van der Waals surface area (Å²) in [6, 6.07) is 11.2. The van der Waals surface area contributed by atoms with Crippen LogP contribution in [0.5, 0.6) is 0 Å². The predicted octanol–water partition coefficient (Wildman–Crippen LogP) is 2.55. The lowest BCUT2D eigenvalue weighted by Gasteiger charge is -2.26. The average molecular weight is 423 g/mol. The Balaban J connectivity index is 1.95. The van der Waals surface area contributed by atoms with Crippen LogP contribution in [0.2, 0.25) is 0 Å². The molecule has 130 valence electrons. The molecule has 25 heavy (non-hydrogen) atoms. The molecule has 0 atom stereocenters. The van der Waals surface area contributed by atoms with Gasteiger partial charge in [0.1, 0.15) is 0 Å². The zero-order chi connectivity index (χ0) is 18.4. The zero-order valence-electron chi connectivity index (χ0n) is 13.5. The van der Waals surface area contributed by atoms with E-state index in [9.17, 15) is 18.0 Å². The lowest BCUT2D eigenvalue weighted by atomic mass is 9.96. The minimum Gasteiger partial charge on any atom is -0.288 e. The third-order valence-electron chi connectivity index (χ3n) is 3.97. The highest BCUT2D eigenvalue weighted by molar-refractivity contribution is 9.10. The molecule has 0 saturated carbocycles. The summed E-state index contributed by atoms with van der Waals surface area (Å²) < 4.78 is 29.0. The van der Waals surface area contributed by atoms with Crippen LogP contribution in [0.15, 0.2) is 51.8 Å². The normalized spacial score (nSPS) is 14.4. The van der Waals surface area contributed by atoms with Crippen LogP contribution < -0.4 is 10.0 Å². The maximum Gasteiger partial charge on any atom is 0.258 e. The van der Waals surface area contributed by atoms with E-state index in [-0.39, 0.29) is 16.0 Å². The van der Waals surface area contributed by atoms with Crippen molar-refractivity contribution in [1.29, 1.82) is 0 Å². The molecule has 0 aromatic heterocycles. The number of carbonyl (C=O) groups is 2. The Hall–Kier alpha value is -2.03. The van der Waals surface area contributed by atoms with Gasteiger partial charge in [-0.15, -0.1) is 0 Å². The Bertz CT molecular complexity index is 982. The van der Waals surface area contributed by atoms with Gasteiger partial charge in [0.05, 0.1) is 21.6 Å². The van der Waals surface area contributed by atoms with E-state index in [1.165, 1.54) is 18.2 Å². The molecule has 6 nitrogen and oxygen atoms in total. The van der Waals surface area contributed by atoms with Gasteiger partial charge in [-0.2, -0.15) is 0 Å². The Morgan fingerprint density at radius 3 is 2.20 bits per heavy atom. The molecule has 2 aromatic rings. The number of carbonyl (C=O) groups excluding carboxylic acids is 2. The predicted molar refractivity (Wildman–Crippen MR) is 95.7 cm³/mol. The number of benzene rings is 2. The first kappa shape index (κ1) is 17.8. The van der Waals surface area contributed by atoms with Crippen molar-refractivity contribution in [3.05, 3.63) is 63.6 Å². The van der Waals surface area contributed by atoms with Crippen LogP contribution in [0, 0.1) is 0 Å². The van der Waals surface area contributed by atoms with Gasteiger partial charge in [-0.1, -0.05) is 28.1 Å². The molecule has 0 radical (unpaired) electrons. The van der Waals surface area contributed by atoms with Crippen molar-refractivity contribution in [3.63, 3.8) is 0 Å². The highest BCUT2D eigenvalue weighted by Gasteiger charge is 2.31. The van der Waals surface area contributed by atoms with Crippen molar-refractivity contribution < 1.29 is 18.0 Å². The molecule has 0 bridgehead atoms. The van der Waals surface area contributed by atoms with Crippen LogP contribution in [0.25, 0.3) is 0 Å². The first-order chi connectivity index (χ1) is 11.6. The second kappa shape index (κ2) is 6.05. The molecule has 1 aliphatic heterocycles. The summed E-state index contributed by atoms with van der Waals surface area (Å²) in [5.41, 5.74) is 0.162. The lowest BCUT2D eigenvalue weighted by Crippen LogP contribution is -2.40. The van der Waals surface area contributed by atoms with Crippen molar-refractivity contribution in [2.45, 2.75) is 24.3 Å². The van der Waals surface area contributed by atoms with Gasteiger partial charge in [0.25, 0.3) is 11.8 Å². The summed E-state index contributed by atoms with van der Waals surface area (Å²) in [7, 11) is -3.89. The molecule has 1 aliphatic rings. The van der Waals surface area contributed by atoms with Crippen molar-refractivity contribution in [2.75, 3.05) is 0 Å². The van der Waals surface area contributed by atoms with E-state index in [4.69, 9.17) is 0 Å². The number of imide groups is 1. The maximum atomic E-state index is 12.7. The topological polar surface area (TPSA) is 92.3 Å². The molecule has 0 unspecified atom stereocenters. The third kappa shape index (κ3) is 3.37. The molecule has 8 heteroatoms. The second-order valence-corrected chi connectivity index (χ2v) is 8.83. The van der Waals surface area contributed by atoms with Crippen molar-refractivity contribution in [3.8, 4) is 0 Å². The summed E-state index contributed by atoms with van der Waals surface area (Å²) in [6.45, 7) is 3.49. The van der Waals surface area contributed by atoms with E-state index in [0.717, 1.165) is 10.0 Å². The van der Waals surface area contributed by atoms with Crippen LogP contribution in [-0.2, 0) is 15.6 Å². The molecule has 3 rings (SSSR count). The molecule has 0 aliphatic carbocycles. The zero-order valence-corrected chi connectivity index (χ0v) is 15.9. The van der Waals surface area contributed by atoms with E-state index >= 15 is 0 Å². The third-order valence-corrected chi connectivity index (χ3v) is 6.16. The van der Waals surface area contributed by atoms with Gasteiger partial charge >= 0.3 is 0 Å². The number of sulfonamides is 1. The smallest absolute Gasteiger partial charge is 0.258 e. The fourth-order valence-electron chi connectivity index (χ4n) is 2.63. The molecular weight excluding hydrogens is 408 g/mol. The number of nitrogens with one attached hydrogen (secondary N) is 2. The minimum atomic E-state index is -3.89. The van der Waals surface area contributed by atoms with Crippen LogP contribution in [0.4, 0.5) is 0 Å². The molecule has 2 N–H and O–H groups in total. The van der Waals surface area contributed by atoms with Gasteiger partial charge in [0.2, 0.25) is 10.0 Å². The fourth-order valence-corrected chi connectivity index (χ4v) is 4.33. The van der Waals surface area contributed by atoms with E-state index < -0.39 is 27.4 Å². The summed E-state index contributed by atoms with van der Waals surface area (Å²) in [5, 5.41) is 2.14. The molecule has 0 spiro atoms. The Kier molecular flexibility index (Phi) is 4.30. The first-order valence-corrected chi connectivity index (χ1v) is 9.67. The fraction of sp³-hybridized carbons (Fsp3) is 0.176. The largest absolute Gasteiger partial charge is 0.288 e. The molecular formula is C17H15BrN2O4S. The summed E-state index contributed by atoms with van der Waals surface area (Å²) in [6.07, 6.45) is 0. The molecule has 1 heterocycles. The van der Waals surface area contributed by atoms with Gasteiger partial charge in [-0.3, -0.25) is 14.9 Å². The average Bonchev–Trinajstić information content (AvgIpc) is 2.81. The molecule has 2 amide bonds. The Morgan fingerprint density at radius 2 is 1.56 bits per heavy atom. The number of hydrogen-bond acceptors (Lipinski definition) is 4. The van der Waals surface area contributed by atoms with Gasteiger partial charge in [-0.25, -0.2) is 13.1 Å². The highest BCUT2D eigenvalue weighted by atomic mass is 79.9. The summed E-state index contributed by atoms with van der Waals surface area (Å²) >= 11 is 3.35. The minimum absolute atomic E-state index is 0.0642. The van der Waals surface area contributed by atoms with E-state index in [1.54, 1.807) is 13.8 Å². The lowest BCUT2D eigenvalue weighted by molar-refractivity contribution is 0.0879. The van der Waals surface area contributed by atoms with Crippen LogP contribution in [0.1, 0.15) is 40.1 Å². The number of amides is 2. The quantitative estimate of drug-likeness (QED) is 0.740. The maximum absolute atomic E-state index is 12.7. The van der Waals surface area contributed by atoms with Gasteiger partial charge < -0.3 is 0 Å². The second-order valence-electron chi connectivity index (χ2n) is 6.23. The van der Waals surface area contributed by atoms with Crippen molar-refractivity contribution >= 4 is 37.8 Å². The SMILES string of the molecule is CC(C)(NS(=O)(=O)c1ccc2c(c1)C(=O)NC2=O)c1ccc(Br)cc1. The van der Waals surface area contributed by atoms with Gasteiger partial charge in [0.15, 0.2) is 0 Å². The van der Waals surface area contributed by atoms with Crippen LogP contribution in [-0.4, -0.2) is 20.2 Å². The molecule has 0 saturated heterocycles. The number of fused-ring (bicyclic) bond motifs is 1. The van der Waals surface area contributed by atoms with E-state index in [0.29, 0.717) is 0 Å². The molecule has 2 aromatic carbocycles. The highest BCUT2D eigenvalue weighted by Crippen LogP contribution is 2.26. The summed E-state index contributed by atoms with van der Waals surface area (Å²) in [5.74, 6) is -1.11. The standard InChI is InChI=1S/C17H15BrN2O4S/c1-17(2,10-3-5-11(18)6-4-10)20-25(23,24)12-7-8-13-14(9-12)16(22)19-15(13)21/h3-9,20H,1-2H3,(H,19,21,22). The number of halogens is 1. The Labute approximate surface area is 153 Å². The van der Waals surface area contributed by atoms with Crippen molar-refractivity contribution in [1.82, 2.24) is 10.0 Å². The van der Waals surface area contributed by atoms with E-state index in [1.807, 2.05) is 24.3 Å².